The van der Waals surface area contributed by atoms with Crippen molar-refractivity contribution in [3.05, 3.63) is 96.2 Å². The summed E-state index contributed by atoms with van der Waals surface area (Å²) in [5.41, 5.74) is 2.02. The summed E-state index contributed by atoms with van der Waals surface area (Å²) < 4.78 is 33.8. The van der Waals surface area contributed by atoms with Gasteiger partial charge < -0.3 is 24.2 Å². The molecule has 1 atom stereocenters. The average molecular weight is 609 g/mol. The van der Waals surface area contributed by atoms with E-state index in [1.807, 2.05) is 87.1 Å². The Morgan fingerprint density at radius 2 is 1.50 bits per heavy atom. The highest BCUT2D eigenvalue weighted by molar-refractivity contribution is 5.99. The Morgan fingerprint density at radius 3 is 2.16 bits per heavy atom. The van der Waals surface area contributed by atoms with Crippen LogP contribution in [0.3, 0.4) is 0 Å². The van der Waals surface area contributed by atoms with E-state index in [1.165, 1.54) is 0 Å². The van der Waals surface area contributed by atoms with Crippen molar-refractivity contribution in [2.75, 3.05) is 44.2 Å². The van der Waals surface area contributed by atoms with Gasteiger partial charge >= 0.3 is 12.1 Å². The van der Waals surface area contributed by atoms with Gasteiger partial charge in [0.15, 0.2) is 5.69 Å². The topological polar surface area (TPSA) is 111 Å². The lowest BCUT2D eigenvalue weighted by atomic mass is 9.96. The number of nitrogens with zero attached hydrogens (tertiary/aromatic N) is 6. The Labute approximate surface area is 251 Å². The van der Waals surface area contributed by atoms with Gasteiger partial charge in [-0.2, -0.15) is 13.2 Å². The van der Waals surface area contributed by atoms with E-state index in [-0.39, 0.29) is 17.7 Å². The van der Waals surface area contributed by atoms with Gasteiger partial charge in [-0.15, -0.1) is 0 Å². The van der Waals surface area contributed by atoms with Crippen molar-refractivity contribution < 1.29 is 32.7 Å². The molecule has 6 rings (SSSR count). The second-order valence-corrected chi connectivity index (χ2v) is 10.5. The Balaban J connectivity index is 0.000000493. The Bertz CT molecular complexity index is 1610. The van der Waals surface area contributed by atoms with E-state index >= 15 is 0 Å². The monoisotopic (exact) mass is 608 g/mol. The number of halogens is 3. The van der Waals surface area contributed by atoms with Crippen LogP contribution in [0.4, 0.5) is 19.0 Å². The number of piperazine rings is 1. The lowest BCUT2D eigenvalue weighted by molar-refractivity contribution is -0.192. The molecule has 4 aromatic rings. The Morgan fingerprint density at radius 1 is 0.818 bits per heavy atom. The second kappa shape index (κ2) is 13.1. The summed E-state index contributed by atoms with van der Waals surface area (Å²) in [6, 6.07) is 21.2. The van der Waals surface area contributed by atoms with E-state index < -0.39 is 12.1 Å². The molecule has 1 N–H and O–H groups in total. The highest BCUT2D eigenvalue weighted by Crippen LogP contribution is 2.30. The molecule has 2 amide bonds. The van der Waals surface area contributed by atoms with Crippen LogP contribution in [0.2, 0.25) is 0 Å². The van der Waals surface area contributed by atoms with E-state index in [1.54, 1.807) is 6.20 Å². The van der Waals surface area contributed by atoms with Crippen molar-refractivity contribution in [2.24, 2.45) is 0 Å². The van der Waals surface area contributed by atoms with Crippen LogP contribution in [0, 0.1) is 0 Å². The number of hydrogen-bond acceptors (Lipinski definition) is 6. The first-order chi connectivity index (χ1) is 21.1. The number of anilines is 1. The number of carboxylic acids is 1. The van der Waals surface area contributed by atoms with Crippen LogP contribution >= 0.6 is 0 Å². The largest absolute Gasteiger partial charge is 0.490 e. The fourth-order valence-corrected chi connectivity index (χ4v) is 5.47. The van der Waals surface area contributed by atoms with E-state index in [4.69, 9.17) is 14.9 Å². The van der Waals surface area contributed by atoms with Crippen LogP contribution < -0.4 is 4.90 Å². The highest BCUT2D eigenvalue weighted by atomic mass is 19.4. The number of carboxylic acid groups (broad SMARTS) is 1. The maximum Gasteiger partial charge on any atom is 0.490 e. The molecule has 1 unspecified atom stereocenters. The average Bonchev–Trinajstić information content (AvgIpc) is 3.45. The molecule has 2 aliphatic heterocycles. The number of aromatic nitrogens is 3. The summed E-state index contributed by atoms with van der Waals surface area (Å²) in [7, 11) is 0. The van der Waals surface area contributed by atoms with Crippen molar-refractivity contribution in [1.82, 2.24) is 24.2 Å². The molecule has 2 saturated heterocycles. The van der Waals surface area contributed by atoms with Crippen molar-refractivity contribution >= 4 is 29.1 Å². The molecule has 44 heavy (non-hydrogen) atoms. The van der Waals surface area contributed by atoms with Gasteiger partial charge in [-0.25, -0.2) is 14.8 Å². The lowest BCUT2D eigenvalue weighted by Gasteiger charge is -2.35. The number of likely N-dealkylation sites (tertiary alicyclic amines) is 1. The minimum atomic E-state index is -5.08. The molecular formula is C31H31F3N6O4. The fourth-order valence-electron chi connectivity index (χ4n) is 5.47. The molecule has 2 aliphatic rings. The molecular weight excluding hydrogens is 577 g/mol. The summed E-state index contributed by atoms with van der Waals surface area (Å²) in [6.45, 7) is 4.05. The first-order valence-corrected chi connectivity index (χ1v) is 14.2. The van der Waals surface area contributed by atoms with Crippen molar-refractivity contribution in [3.63, 3.8) is 0 Å². The third-order valence-electron chi connectivity index (χ3n) is 7.66. The van der Waals surface area contributed by atoms with Crippen LogP contribution in [0.5, 0.6) is 0 Å². The van der Waals surface area contributed by atoms with Crippen molar-refractivity contribution in [2.45, 2.75) is 24.9 Å². The lowest BCUT2D eigenvalue weighted by Crippen LogP contribution is -2.49. The molecule has 0 saturated carbocycles. The highest BCUT2D eigenvalue weighted by Gasteiger charge is 2.38. The number of pyridine rings is 2. The summed E-state index contributed by atoms with van der Waals surface area (Å²) in [4.78, 5) is 51.1. The number of aliphatic carboxylic acids is 1. The van der Waals surface area contributed by atoms with E-state index in [0.717, 1.165) is 49.6 Å². The summed E-state index contributed by atoms with van der Waals surface area (Å²) >= 11 is 0. The molecule has 2 fully saturated rings. The quantitative estimate of drug-likeness (QED) is 0.367. The fraction of sp³-hybridized carbons (Fsp3) is 0.323. The standard InChI is InChI=1S/C29H30N6O2.C2HF3O2/c36-28(22-9-2-1-3-10-22)34-15-8-11-23(21-34)27-31-26(24-12-5-7-16-35(24)27)29(37)33-19-17-32(18-20-33)25-13-4-6-14-30-25;3-2(4,5)1(6)7/h1-7,9-10,12-14,16,23H,8,11,15,17-21H2;(H,6,7). The number of hydrogen-bond donors (Lipinski definition) is 1. The van der Waals surface area contributed by atoms with Crippen molar-refractivity contribution in [1.29, 1.82) is 0 Å². The molecule has 230 valence electrons. The van der Waals surface area contributed by atoms with Gasteiger partial charge in [0.2, 0.25) is 0 Å². The first-order valence-electron chi connectivity index (χ1n) is 14.2. The minimum Gasteiger partial charge on any atom is -0.475 e. The zero-order valence-corrected chi connectivity index (χ0v) is 23.7. The zero-order chi connectivity index (χ0) is 31.3. The third kappa shape index (κ3) is 6.82. The zero-order valence-electron chi connectivity index (χ0n) is 23.7. The molecule has 0 spiro atoms. The predicted octanol–water partition coefficient (Wildman–Crippen LogP) is 4.34. The third-order valence-corrected chi connectivity index (χ3v) is 7.66. The van der Waals surface area contributed by atoms with Crippen LogP contribution in [0.25, 0.3) is 5.52 Å². The molecule has 10 nitrogen and oxygen atoms in total. The van der Waals surface area contributed by atoms with Gasteiger partial charge in [-0.3, -0.25) is 9.59 Å². The number of amides is 2. The number of rotatable bonds is 4. The van der Waals surface area contributed by atoms with Crippen LogP contribution in [-0.2, 0) is 4.79 Å². The Hall–Kier alpha value is -4.94. The second-order valence-electron chi connectivity index (χ2n) is 10.5. The minimum absolute atomic E-state index is 0.0383. The normalized spacial score (nSPS) is 17.2. The SMILES string of the molecule is O=C(O)C(F)(F)F.O=C(c1ccccc1)N1CCCC(c2nc(C(=O)N3CCN(c4ccccn4)CC3)c3ccccn23)C1. The number of piperidine rings is 1. The van der Waals surface area contributed by atoms with Gasteiger partial charge in [-0.1, -0.05) is 30.3 Å². The predicted molar refractivity (Wildman–Crippen MR) is 156 cm³/mol. The molecule has 5 heterocycles. The maximum absolute atomic E-state index is 13.7. The number of carbonyl (C=O) groups excluding carboxylic acids is 2. The van der Waals surface area contributed by atoms with E-state index in [2.05, 4.69) is 9.88 Å². The summed E-state index contributed by atoms with van der Waals surface area (Å²) in [6.07, 6.45) is 0.531. The van der Waals surface area contributed by atoms with Crippen LogP contribution in [-0.4, -0.2) is 92.5 Å². The molecule has 0 aliphatic carbocycles. The van der Waals surface area contributed by atoms with Gasteiger partial charge in [0, 0.05) is 63.1 Å². The number of alkyl halides is 3. The van der Waals surface area contributed by atoms with E-state index in [0.29, 0.717) is 30.9 Å². The van der Waals surface area contributed by atoms with Gasteiger partial charge in [0.1, 0.15) is 11.6 Å². The number of carbonyl (C=O) groups is 3. The molecule has 1 aromatic carbocycles. The molecule has 13 heteroatoms. The molecule has 0 bridgehead atoms. The van der Waals surface area contributed by atoms with Crippen LogP contribution in [0.15, 0.2) is 79.1 Å². The smallest absolute Gasteiger partial charge is 0.475 e. The van der Waals surface area contributed by atoms with E-state index in [9.17, 15) is 22.8 Å². The van der Waals surface area contributed by atoms with Gasteiger partial charge in [0.05, 0.1) is 5.52 Å². The number of benzene rings is 1. The molecule has 0 radical (unpaired) electrons. The van der Waals surface area contributed by atoms with Crippen LogP contribution in [0.1, 0.15) is 45.4 Å². The molecule has 3 aromatic heterocycles. The summed E-state index contributed by atoms with van der Waals surface area (Å²) in [5, 5.41) is 7.12. The van der Waals surface area contributed by atoms with Crippen molar-refractivity contribution in [3.8, 4) is 0 Å². The Kier molecular flexibility index (Phi) is 9.12. The van der Waals surface area contributed by atoms with Gasteiger partial charge in [-0.05, 0) is 49.2 Å². The maximum atomic E-state index is 13.7. The van der Waals surface area contributed by atoms with Gasteiger partial charge in [0.25, 0.3) is 11.8 Å². The summed E-state index contributed by atoms with van der Waals surface area (Å²) in [5.74, 6) is -0.879. The number of imidazole rings is 1. The first kappa shape index (κ1) is 30.5. The number of fused-ring (bicyclic) bond motifs is 1.